The molecular weight excluding hydrogens is 368 g/mol. The van der Waals surface area contributed by atoms with Crippen LogP contribution >= 0.6 is 0 Å². The summed E-state index contributed by atoms with van der Waals surface area (Å²) in [6.45, 7) is 2.01. The first kappa shape index (κ1) is 17.7. The highest BCUT2D eigenvalue weighted by Crippen LogP contribution is 2.23. The molecule has 0 unspecified atom stereocenters. The molecule has 1 aromatic carbocycles. The van der Waals surface area contributed by atoms with Crippen LogP contribution in [0.25, 0.3) is 11.1 Å². The summed E-state index contributed by atoms with van der Waals surface area (Å²) in [7, 11) is -2.21. The average molecular weight is 388 g/mol. The van der Waals surface area contributed by atoms with Gasteiger partial charge >= 0.3 is 5.76 Å². The number of aryl methyl sites for hydroxylation is 1. The van der Waals surface area contributed by atoms with Gasteiger partial charge < -0.3 is 9.32 Å². The minimum absolute atomic E-state index is 0.0815. The Morgan fingerprint density at radius 2 is 2.00 bits per heavy atom. The highest BCUT2D eigenvalue weighted by Gasteiger charge is 2.20. The van der Waals surface area contributed by atoms with E-state index in [-0.39, 0.29) is 11.4 Å². The molecule has 1 aliphatic heterocycles. The second-order valence-corrected chi connectivity index (χ2v) is 8.33. The van der Waals surface area contributed by atoms with E-state index >= 15 is 0 Å². The van der Waals surface area contributed by atoms with Crippen LogP contribution in [0, 0.1) is 0 Å². The van der Waals surface area contributed by atoms with Gasteiger partial charge in [-0.25, -0.2) is 22.9 Å². The molecule has 1 fully saturated rings. The van der Waals surface area contributed by atoms with Crippen molar-refractivity contribution in [1.29, 1.82) is 0 Å². The summed E-state index contributed by atoms with van der Waals surface area (Å²) >= 11 is 0. The van der Waals surface area contributed by atoms with E-state index < -0.39 is 15.8 Å². The number of nitrogens with zero attached hydrogens (tertiary/aromatic N) is 3. The molecule has 0 saturated carbocycles. The molecule has 4 rings (SSSR count). The Kier molecular flexibility index (Phi) is 4.48. The predicted molar refractivity (Wildman–Crippen MR) is 101 cm³/mol. The van der Waals surface area contributed by atoms with E-state index in [9.17, 15) is 13.2 Å². The van der Waals surface area contributed by atoms with E-state index in [1.165, 1.54) is 29.8 Å². The zero-order valence-electron chi connectivity index (χ0n) is 14.9. The van der Waals surface area contributed by atoms with E-state index in [2.05, 4.69) is 14.6 Å². The highest BCUT2D eigenvalue weighted by atomic mass is 32.2. The average Bonchev–Trinajstić information content (AvgIpc) is 3.29. The van der Waals surface area contributed by atoms with Crippen molar-refractivity contribution in [3.8, 4) is 0 Å². The van der Waals surface area contributed by atoms with Crippen molar-refractivity contribution in [2.45, 2.75) is 24.3 Å². The van der Waals surface area contributed by atoms with Crippen LogP contribution in [0.3, 0.4) is 0 Å². The minimum atomic E-state index is -3.75. The van der Waals surface area contributed by atoms with Crippen molar-refractivity contribution in [2.24, 2.45) is 7.05 Å². The summed E-state index contributed by atoms with van der Waals surface area (Å²) in [5.74, 6) is 0.295. The van der Waals surface area contributed by atoms with Gasteiger partial charge in [-0.15, -0.1) is 0 Å². The van der Waals surface area contributed by atoms with Gasteiger partial charge in [-0.05, 0) is 37.1 Å². The molecule has 0 spiro atoms. The van der Waals surface area contributed by atoms with Gasteiger partial charge in [-0.1, -0.05) is 6.07 Å². The molecule has 3 heterocycles. The first-order chi connectivity index (χ1) is 13.0. The fraction of sp³-hybridized carbons (Fsp3) is 0.333. The SMILES string of the molecule is Cn1c(=O)oc2ccc(S(=O)(=O)NCc3cccnc3N3CCCC3)cc21. The molecule has 0 amide bonds. The molecule has 0 radical (unpaired) electrons. The van der Waals surface area contributed by atoms with Gasteiger partial charge in [-0.2, -0.15) is 0 Å². The lowest BCUT2D eigenvalue weighted by molar-refractivity contribution is 0.528. The number of fused-ring (bicyclic) bond motifs is 1. The highest BCUT2D eigenvalue weighted by molar-refractivity contribution is 7.89. The molecular formula is C18H20N4O4S. The summed E-state index contributed by atoms with van der Waals surface area (Å²) < 4.78 is 34.4. The molecule has 142 valence electrons. The third-order valence-corrected chi connectivity index (χ3v) is 6.20. The van der Waals surface area contributed by atoms with Crippen LogP contribution in [0.15, 0.2) is 50.6 Å². The maximum atomic E-state index is 12.7. The van der Waals surface area contributed by atoms with Crippen molar-refractivity contribution < 1.29 is 12.8 Å². The monoisotopic (exact) mass is 388 g/mol. The lowest BCUT2D eigenvalue weighted by atomic mass is 10.2. The number of rotatable bonds is 5. The topological polar surface area (TPSA) is 97.4 Å². The lowest BCUT2D eigenvalue weighted by Gasteiger charge is -2.20. The summed E-state index contributed by atoms with van der Waals surface area (Å²) in [5, 5.41) is 0. The maximum absolute atomic E-state index is 12.7. The van der Waals surface area contributed by atoms with Gasteiger partial charge in [0.25, 0.3) is 0 Å². The summed E-state index contributed by atoms with van der Waals surface area (Å²) in [6.07, 6.45) is 3.95. The molecule has 8 nitrogen and oxygen atoms in total. The summed E-state index contributed by atoms with van der Waals surface area (Å²) in [4.78, 5) is 18.3. The number of nitrogens with one attached hydrogen (secondary N) is 1. The van der Waals surface area contributed by atoms with Gasteiger partial charge in [0.2, 0.25) is 10.0 Å². The Morgan fingerprint density at radius 3 is 2.78 bits per heavy atom. The molecule has 1 aliphatic rings. The number of hydrogen-bond acceptors (Lipinski definition) is 6. The first-order valence-corrected chi connectivity index (χ1v) is 10.2. The van der Waals surface area contributed by atoms with E-state index in [0.717, 1.165) is 37.3 Å². The number of aromatic nitrogens is 2. The quantitative estimate of drug-likeness (QED) is 0.713. The lowest BCUT2D eigenvalue weighted by Crippen LogP contribution is -2.26. The maximum Gasteiger partial charge on any atom is 0.419 e. The second-order valence-electron chi connectivity index (χ2n) is 6.56. The zero-order valence-corrected chi connectivity index (χ0v) is 15.7. The van der Waals surface area contributed by atoms with Gasteiger partial charge in [-0.3, -0.25) is 4.57 Å². The molecule has 3 aromatic rings. The van der Waals surface area contributed by atoms with Crippen molar-refractivity contribution in [3.05, 3.63) is 52.6 Å². The van der Waals surface area contributed by atoms with Gasteiger partial charge in [0, 0.05) is 38.4 Å². The Morgan fingerprint density at radius 1 is 1.22 bits per heavy atom. The number of oxazole rings is 1. The Bertz CT molecular complexity index is 1140. The molecule has 1 saturated heterocycles. The van der Waals surface area contributed by atoms with Crippen molar-refractivity contribution in [1.82, 2.24) is 14.3 Å². The molecule has 0 bridgehead atoms. The predicted octanol–water partition coefficient (Wildman–Crippen LogP) is 1.61. The number of pyridine rings is 1. The Hall–Kier alpha value is -2.65. The zero-order chi connectivity index (χ0) is 19.0. The van der Waals surface area contributed by atoms with Crippen LogP contribution in [-0.4, -0.2) is 31.1 Å². The molecule has 0 atom stereocenters. The molecule has 2 aromatic heterocycles. The Labute approximate surface area is 156 Å². The number of hydrogen-bond donors (Lipinski definition) is 1. The van der Waals surface area contributed by atoms with Crippen LogP contribution in [0.2, 0.25) is 0 Å². The van der Waals surface area contributed by atoms with Crippen molar-refractivity contribution >= 4 is 26.9 Å². The fourth-order valence-corrected chi connectivity index (χ4v) is 4.34. The largest absolute Gasteiger partial charge is 0.419 e. The van der Waals surface area contributed by atoms with Crippen LogP contribution < -0.4 is 15.4 Å². The fourth-order valence-electron chi connectivity index (χ4n) is 3.31. The van der Waals surface area contributed by atoms with Crippen LogP contribution in [0.4, 0.5) is 5.82 Å². The van der Waals surface area contributed by atoms with E-state index in [1.807, 2.05) is 6.07 Å². The number of anilines is 1. The second kappa shape index (κ2) is 6.82. The van der Waals surface area contributed by atoms with E-state index in [1.54, 1.807) is 12.3 Å². The van der Waals surface area contributed by atoms with E-state index in [4.69, 9.17) is 4.42 Å². The molecule has 1 N–H and O–H groups in total. The summed E-state index contributed by atoms with van der Waals surface area (Å²) in [5.41, 5.74) is 1.62. The molecule has 9 heteroatoms. The standard InChI is InChI=1S/C18H20N4O4S/c1-21-15-11-14(6-7-16(15)26-18(21)23)27(24,25)20-12-13-5-4-8-19-17(13)22-9-2-3-10-22/h4-8,11,20H,2-3,9-10,12H2,1H3. The number of sulfonamides is 1. The summed E-state index contributed by atoms with van der Waals surface area (Å²) in [6, 6.07) is 8.04. The van der Waals surface area contributed by atoms with Gasteiger partial charge in [0.15, 0.2) is 5.58 Å². The van der Waals surface area contributed by atoms with Crippen LogP contribution in [0.5, 0.6) is 0 Å². The van der Waals surface area contributed by atoms with Gasteiger partial charge in [0.05, 0.1) is 10.4 Å². The number of benzene rings is 1. The van der Waals surface area contributed by atoms with E-state index in [0.29, 0.717) is 11.1 Å². The smallest absolute Gasteiger partial charge is 0.408 e. The van der Waals surface area contributed by atoms with Crippen molar-refractivity contribution in [2.75, 3.05) is 18.0 Å². The van der Waals surface area contributed by atoms with Gasteiger partial charge in [0.1, 0.15) is 5.82 Å². The molecule has 0 aliphatic carbocycles. The first-order valence-electron chi connectivity index (χ1n) is 8.74. The normalized spacial score (nSPS) is 14.9. The molecule has 27 heavy (non-hydrogen) atoms. The minimum Gasteiger partial charge on any atom is -0.408 e. The van der Waals surface area contributed by atoms with Crippen molar-refractivity contribution in [3.63, 3.8) is 0 Å². The third-order valence-electron chi connectivity index (χ3n) is 4.80. The Balaban J connectivity index is 1.59. The third kappa shape index (κ3) is 3.35. The van der Waals surface area contributed by atoms with Crippen LogP contribution in [0.1, 0.15) is 18.4 Å². The van der Waals surface area contributed by atoms with Crippen LogP contribution in [-0.2, 0) is 23.6 Å².